The van der Waals surface area contributed by atoms with E-state index in [0.29, 0.717) is 23.8 Å². The molecule has 1 aromatic carbocycles. The van der Waals surface area contributed by atoms with Crippen molar-refractivity contribution in [3.63, 3.8) is 0 Å². The van der Waals surface area contributed by atoms with Crippen LogP contribution in [0.2, 0.25) is 0 Å². The molecule has 1 aliphatic rings. The maximum Gasteiger partial charge on any atom is 0.265 e. The summed E-state index contributed by atoms with van der Waals surface area (Å²) in [6.07, 6.45) is 3.54. The van der Waals surface area contributed by atoms with Gasteiger partial charge in [-0.05, 0) is 24.6 Å². The fourth-order valence-electron chi connectivity index (χ4n) is 3.57. The van der Waals surface area contributed by atoms with Crippen LogP contribution in [0.25, 0.3) is 10.4 Å². The van der Waals surface area contributed by atoms with E-state index in [9.17, 15) is 4.79 Å². The summed E-state index contributed by atoms with van der Waals surface area (Å²) in [5.74, 6) is 1.36. The van der Waals surface area contributed by atoms with Gasteiger partial charge >= 0.3 is 0 Å². The third-order valence-corrected chi connectivity index (χ3v) is 6.35. The third kappa shape index (κ3) is 5.39. The molecule has 0 saturated carbocycles. The molecule has 7 nitrogen and oxygen atoms in total. The van der Waals surface area contributed by atoms with Gasteiger partial charge in [0, 0.05) is 56.5 Å². The Hall–Kier alpha value is -2.97. The average Bonchev–Trinajstić information content (AvgIpc) is 3.25. The zero-order chi connectivity index (χ0) is 21.5. The molecular weight excluding hydrogens is 410 g/mol. The molecule has 3 aromatic rings. The van der Waals surface area contributed by atoms with Crippen LogP contribution in [0.3, 0.4) is 0 Å². The summed E-state index contributed by atoms with van der Waals surface area (Å²) in [6, 6.07) is 13.9. The standard InChI is InChI=1S/C23H27N5O2S/c1-2-30-19-17-20(18-7-4-3-5-8-18)31-21(19)22(29)24-11-12-27-13-15-28(16-14-27)23-25-9-6-10-26-23/h3-10,17H,2,11-16H2,1H3,(H,24,29). The van der Waals surface area contributed by atoms with E-state index in [4.69, 9.17) is 4.74 Å². The van der Waals surface area contributed by atoms with Crippen molar-refractivity contribution in [2.75, 3.05) is 50.8 Å². The number of carbonyl (C=O) groups excluding carboxylic acids is 1. The quantitative estimate of drug-likeness (QED) is 0.584. The van der Waals surface area contributed by atoms with Crippen LogP contribution >= 0.6 is 11.3 Å². The minimum Gasteiger partial charge on any atom is -0.492 e. The van der Waals surface area contributed by atoms with Gasteiger partial charge in [-0.3, -0.25) is 9.69 Å². The smallest absolute Gasteiger partial charge is 0.265 e. The highest BCUT2D eigenvalue weighted by atomic mass is 32.1. The Morgan fingerprint density at radius 2 is 1.84 bits per heavy atom. The molecular formula is C23H27N5O2S. The molecule has 1 amide bonds. The largest absolute Gasteiger partial charge is 0.492 e. The van der Waals surface area contributed by atoms with Gasteiger partial charge in [-0.1, -0.05) is 30.3 Å². The normalized spacial score (nSPS) is 14.4. The minimum atomic E-state index is -0.0769. The SMILES string of the molecule is CCOc1cc(-c2ccccc2)sc1C(=O)NCCN1CCN(c2ncccn2)CC1. The van der Waals surface area contributed by atoms with E-state index in [1.807, 2.05) is 49.4 Å². The maximum absolute atomic E-state index is 12.8. The molecule has 3 heterocycles. The number of amides is 1. The first-order chi connectivity index (χ1) is 15.2. The maximum atomic E-state index is 12.8. The summed E-state index contributed by atoms with van der Waals surface area (Å²) in [4.78, 5) is 27.7. The summed E-state index contributed by atoms with van der Waals surface area (Å²) in [7, 11) is 0. The number of hydrogen-bond donors (Lipinski definition) is 1. The number of anilines is 1. The van der Waals surface area contributed by atoms with Crippen molar-refractivity contribution in [2.24, 2.45) is 0 Å². The van der Waals surface area contributed by atoms with Gasteiger partial charge in [-0.25, -0.2) is 9.97 Å². The van der Waals surface area contributed by atoms with Gasteiger partial charge < -0.3 is 15.0 Å². The Labute approximate surface area is 186 Å². The van der Waals surface area contributed by atoms with Crippen LogP contribution in [-0.2, 0) is 0 Å². The van der Waals surface area contributed by atoms with Gasteiger partial charge in [-0.2, -0.15) is 0 Å². The predicted octanol–water partition coefficient (Wildman–Crippen LogP) is 3.16. The van der Waals surface area contributed by atoms with E-state index in [1.165, 1.54) is 11.3 Å². The lowest BCUT2D eigenvalue weighted by molar-refractivity contribution is 0.0948. The summed E-state index contributed by atoms with van der Waals surface area (Å²) in [6.45, 7) is 7.50. The molecule has 0 spiro atoms. The monoisotopic (exact) mass is 437 g/mol. The molecule has 4 rings (SSSR count). The highest BCUT2D eigenvalue weighted by Gasteiger charge is 2.20. The van der Waals surface area contributed by atoms with Crippen LogP contribution in [-0.4, -0.2) is 66.7 Å². The fraction of sp³-hybridized carbons (Fsp3) is 0.348. The molecule has 1 N–H and O–H groups in total. The van der Waals surface area contributed by atoms with Crippen LogP contribution in [0, 0.1) is 0 Å². The van der Waals surface area contributed by atoms with Crippen LogP contribution in [0.5, 0.6) is 5.75 Å². The van der Waals surface area contributed by atoms with Crippen LogP contribution in [0.15, 0.2) is 54.9 Å². The topological polar surface area (TPSA) is 70.6 Å². The first-order valence-electron chi connectivity index (χ1n) is 10.6. The zero-order valence-electron chi connectivity index (χ0n) is 17.7. The number of ether oxygens (including phenoxy) is 1. The number of nitrogens with zero attached hydrogens (tertiary/aromatic N) is 4. The number of rotatable bonds is 8. The van der Waals surface area contributed by atoms with Crippen LogP contribution in [0.1, 0.15) is 16.6 Å². The van der Waals surface area contributed by atoms with E-state index < -0.39 is 0 Å². The summed E-state index contributed by atoms with van der Waals surface area (Å²) < 4.78 is 5.73. The molecule has 1 saturated heterocycles. The van der Waals surface area contributed by atoms with E-state index >= 15 is 0 Å². The van der Waals surface area contributed by atoms with Crippen LogP contribution in [0.4, 0.5) is 5.95 Å². The van der Waals surface area contributed by atoms with Crippen molar-refractivity contribution >= 4 is 23.2 Å². The zero-order valence-corrected chi connectivity index (χ0v) is 18.5. The fourth-order valence-corrected chi connectivity index (χ4v) is 4.60. The molecule has 0 radical (unpaired) electrons. The van der Waals surface area contributed by atoms with Gasteiger partial charge in [0.15, 0.2) is 0 Å². The van der Waals surface area contributed by atoms with Crippen LogP contribution < -0.4 is 15.0 Å². The highest BCUT2D eigenvalue weighted by molar-refractivity contribution is 7.17. The second kappa shape index (κ2) is 10.4. The van der Waals surface area contributed by atoms with Gasteiger partial charge in [-0.15, -0.1) is 11.3 Å². The van der Waals surface area contributed by atoms with Crippen molar-refractivity contribution in [3.8, 4) is 16.2 Å². The Balaban J connectivity index is 1.29. The molecule has 2 aromatic heterocycles. The summed E-state index contributed by atoms with van der Waals surface area (Å²) in [5.41, 5.74) is 1.09. The lowest BCUT2D eigenvalue weighted by Gasteiger charge is -2.34. The van der Waals surface area contributed by atoms with Crippen molar-refractivity contribution in [2.45, 2.75) is 6.92 Å². The summed E-state index contributed by atoms with van der Waals surface area (Å²) in [5, 5.41) is 3.06. The van der Waals surface area contributed by atoms with E-state index in [2.05, 4.69) is 25.1 Å². The first-order valence-corrected chi connectivity index (χ1v) is 11.4. The Morgan fingerprint density at radius 1 is 1.10 bits per heavy atom. The second-order valence-electron chi connectivity index (χ2n) is 7.24. The molecule has 0 bridgehead atoms. The van der Waals surface area contributed by atoms with Gasteiger partial charge in [0.05, 0.1) is 6.61 Å². The predicted molar refractivity (Wildman–Crippen MR) is 124 cm³/mol. The second-order valence-corrected chi connectivity index (χ2v) is 8.29. The minimum absolute atomic E-state index is 0.0769. The van der Waals surface area contributed by atoms with E-state index in [1.54, 1.807) is 12.4 Å². The lowest BCUT2D eigenvalue weighted by atomic mass is 10.2. The molecule has 0 aliphatic carbocycles. The van der Waals surface area contributed by atoms with Crippen molar-refractivity contribution in [1.82, 2.24) is 20.2 Å². The molecule has 8 heteroatoms. The average molecular weight is 438 g/mol. The third-order valence-electron chi connectivity index (χ3n) is 5.18. The summed E-state index contributed by atoms with van der Waals surface area (Å²) >= 11 is 1.47. The number of thiophene rings is 1. The molecule has 1 aliphatic heterocycles. The Morgan fingerprint density at radius 3 is 2.55 bits per heavy atom. The van der Waals surface area contributed by atoms with E-state index in [0.717, 1.165) is 49.1 Å². The Bertz CT molecular complexity index is 972. The van der Waals surface area contributed by atoms with Crippen molar-refractivity contribution in [1.29, 1.82) is 0 Å². The number of carbonyl (C=O) groups is 1. The molecule has 1 fully saturated rings. The van der Waals surface area contributed by atoms with E-state index in [-0.39, 0.29) is 5.91 Å². The van der Waals surface area contributed by atoms with Crippen molar-refractivity contribution < 1.29 is 9.53 Å². The molecule has 0 atom stereocenters. The molecule has 31 heavy (non-hydrogen) atoms. The van der Waals surface area contributed by atoms with Gasteiger partial charge in [0.25, 0.3) is 5.91 Å². The first kappa shape index (κ1) is 21.3. The number of aromatic nitrogens is 2. The molecule has 162 valence electrons. The van der Waals surface area contributed by atoms with Gasteiger partial charge in [0.2, 0.25) is 5.95 Å². The Kier molecular flexibility index (Phi) is 7.11. The highest BCUT2D eigenvalue weighted by Crippen LogP contribution is 2.36. The number of piperazine rings is 1. The number of benzene rings is 1. The number of hydrogen-bond acceptors (Lipinski definition) is 7. The molecule has 0 unspecified atom stereocenters. The lowest BCUT2D eigenvalue weighted by Crippen LogP contribution is -2.48. The van der Waals surface area contributed by atoms with Crippen molar-refractivity contribution in [3.05, 3.63) is 59.7 Å². The number of nitrogens with one attached hydrogen (secondary N) is 1. The van der Waals surface area contributed by atoms with Gasteiger partial charge in [0.1, 0.15) is 10.6 Å².